The van der Waals surface area contributed by atoms with E-state index >= 15 is 0 Å². The van der Waals surface area contributed by atoms with E-state index in [0.29, 0.717) is 12.2 Å². The molecule has 0 aliphatic carbocycles. The standard InChI is InChI=1S/C21H26IN8PS/c1-12-13(2)24-19(11-23-12)27-18-10-16(20-21(28-18)30(31-22)14(3)25-20)26-15-8-6-7-9-17(15)29(4)32-5/h6-11,14,25,31H,1-5H3,(H2,24,26,27,28). The first-order chi connectivity index (χ1) is 15.4. The second-order valence-corrected chi connectivity index (χ2v) is 10.4. The van der Waals surface area contributed by atoms with Crippen molar-refractivity contribution in [2.24, 2.45) is 0 Å². The number of nitrogens with zero attached hydrogens (tertiary/aromatic N) is 5. The monoisotopic (exact) mass is 580 g/mol. The highest BCUT2D eigenvalue weighted by atomic mass is 127. The van der Waals surface area contributed by atoms with E-state index in [-0.39, 0.29) is 6.17 Å². The summed E-state index contributed by atoms with van der Waals surface area (Å²) in [6.07, 6.45) is 4.53. The van der Waals surface area contributed by atoms with E-state index in [1.54, 1.807) is 18.1 Å². The molecule has 0 saturated carbocycles. The van der Waals surface area contributed by atoms with E-state index in [9.17, 15) is 0 Å². The molecule has 1 aliphatic rings. The Morgan fingerprint density at radius 3 is 2.62 bits per heavy atom. The van der Waals surface area contributed by atoms with Crippen LogP contribution in [-0.2, 0) is 0 Å². The lowest BCUT2D eigenvalue weighted by Gasteiger charge is -2.21. The van der Waals surface area contributed by atoms with E-state index in [2.05, 4.69) is 95.4 Å². The van der Waals surface area contributed by atoms with Gasteiger partial charge in [-0.1, -0.05) is 24.1 Å². The van der Waals surface area contributed by atoms with Crippen LogP contribution < -0.4 is 24.9 Å². The van der Waals surface area contributed by atoms with Gasteiger partial charge in [0.15, 0.2) is 5.82 Å². The number of pyridine rings is 1. The summed E-state index contributed by atoms with van der Waals surface area (Å²) in [6, 6.07) is 10.3. The number of benzene rings is 1. The van der Waals surface area contributed by atoms with Gasteiger partial charge >= 0.3 is 0 Å². The van der Waals surface area contributed by atoms with Crippen LogP contribution in [0.1, 0.15) is 18.3 Å². The fourth-order valence-electron chi connectivity index (χ4n) is 3.41. The van der Waals surface area contributed by atoms with Crippen LogP contribution in [0.2, 0.25) is 0 Å². The number of nitrogens with one attached hydrogen (secondary N) is 3. The van der Waals surface area contributed by atoms with Crippen molar-refractivity contribution in [1.82, 2.24) is 15.0 Å². The van der Waals surface area contributed by atoms with Gasteiger partial charge in [0.05, 0.1) is 34.6 Å². The number of hydrogen-bond acceptors (Lipinski definition) is 9. The first kappa shape index (κ1) is 23.1. The molecule has 2 aromatic heterocycles. The Kier molecular flexibility index (Phi) is 7.11. The molecule has 168 valence electrons. The highest BCUT2D eigenvalue weighted by molar-refractivity contribution is 14.2. The number of aromatic nitrogens is 3. The van der Waals surface area contributed by atoms with Gasteiger partial charge in [-0.05, 0) is 54.9 Å². The fraction of sp³-hybridized carbons (Fsp3) is 0.286. The quantitative estimate of drug-likeness (QED) is 0.172. The molecular weight excluding hydrogens is 554 g/mol. The molecule has 32 heavy (non-hydrogen) atoms. The normalized spacial score (nSPS) is 15.1. The van der Waals surface area contributed by atoms with Gasteiger partial charge in [-0.2, -0.15) is 0 Å². The van der Waals surface area contributed by atoms with Crippen LogP contribution in [0.15, 0.2) is 36.5 Å². The minimum Gasteiger partial charge on any atom is -0.360 e. The Hall–Kier alpha value is -2.04. The maximum absolute atomic E-state index is 4.91. The summed E-state index contributed by atoms with van der Waals surface area (Å²) in [6.45, 7) is 6.06. The lowest BCUT2D eigenvalue weighted by Crippen LogP contribution is -2.24. The maximum Gasteiger partial charge on any atom is 0.161 e. The highest BCUT2D eigenvalue weighted by Gasteiger charge is 2.30. The Labute approximate surface area is 207 Å². The third-order valence-corrected chi connectivity index (χ3v) is 8.38. The van der Waals surface area contributed by atoms with Crippen molar-refractivity contribution in [1.29, 1.82) is 0 Å². The highest BCUT2D eigenvalue weighted by Crippen LogP contribution is 2.48. The molecule has 0 spiro atoms. The Balaban J connectivity index is 1.76. The first-order valence-electron chi connectivity index (χ1n) is 10.1. The molecular formula is C21H26IN8PS. The number of hydrogen-bond donors (Lipinski definition) is 3. The van der Waals surface area contributed by atoms with Crippen molar-refractivity contribution in [2.45, 2.75) is 26.9 Å². The minimum absolute atomic E-state index is 0.161. The average Bonchev–Trinajstić information content (AvgIpc) is 3.11. The maximum atomic E-state index is 4.91. The van der Waals surface area contributed by atoms with Gasteiger partial charge in [0, 0.05) is 25.7 Å². The summed E-state index contributed by atoms with van der Waals surface area (Å²) in [5.41, 5.74) is 5.91. The Morgan fingerprint density at radius 2 is 1.91 bits per heavy atom. The molecule has 11 heteroatoms. The lowest BCUT2D eigenvalue weighted by atomic mass is 10.2. The predicted octanol–water partition coefficient (Wildman–Crippen LogP) is 6.21. The molecule has 3 aromatic rings. The Bertz CT molecular complexity index is 1130. The number of aryl methyl sites for hydroxylation is 2. The van der Waals surface area contributed by atoms with Crippen LogP contribution >= 0.6 is 40.4 Å². The second kappa shape index (κ2) is 9.84. The van der Waals surface area contributed by atoms with Crippen LogP contribution in [0.5, 0.6) is 0 Å². The molecule has 3 N–H and O–H groups in total. The molecule has 0 saturated heterocycles. The van der Waals surface area contributed by atoms with Crippen LogP contribution in [0.25, 0.3) is 0 Å². The van der Waals surface area contributed by atoms with E-state index in [4.69, 9.17) is 4.98 Å². The largest absolute Gasteiger partial charge is 0.360 e. The van der Waals surface area contributed by atoms with Gasteiger partial charge in [0.2, 0.25) is 0 Å². The van der Waals surface area contributed by atoms with Crippen LogP contribution in [0.4, 0.5) is 40.2 Å². The molecule has 2 atom stereocenters. The summed E-state index contributed by atoms with van der Waals surface area (Å²) in [5, 5.41) is 10.6. The SMILES string of the molecule is CSN(C)c1ccccc1Nc1cc(Nc2cnc(C)c(C)n2)nc2c1NC(C)N2PI. The molecule has 0 fully saturated rings. The molecule has 1 aliphatic heterocycles. The van der Waals surface area contributed by atoms with Crippen LogP contribution in [0.3, 0.4) is 0 Å². The topological polar surface area (TPSA) is 81.2 Å². The van der Waals surface area contributed by atoms with E-state index < -0.39 is 0 Å². The second-order valence-electron chi connectivity index (χ2n) is 7.40. The zero-order valence-corrected chi connectivity index (χ0v) is 22.5. The third kappa shape index (κ3) is 4.67. The van der Waals surface area contributed by atoms with Crippen molar-refractivity contribution < 1.29 is 0 Å². The molecule has 0 radical (unpaired) electrons. The lowest BCUT2D eigenvalue weighted by molar-refractivity contribution is 0.886. The number of para-hydroxylation sites is 2. The van der Waals surface area contributed by atoms with Crippen molar-refractivity contribution in [2.75, 3.05) is 38.2 Å². The summed E-state index contributed by atoms with van der Waals surface area (Å²) < 4.78 is 4.40. The molecule has 4 rings (SSSR count). The zero-order valence-electron chi connectivity index (χ0n) is 18.6. The number of rotatable bonds is 7. The molecule has 0 amide bonds. The first-order valence-corrected chi connectivity index (χ1v) is 15.3. The summed E-state index contributed by atoms with van der Waals surface area (Å²) in [5.74, 6) is 2.32. The van der Waals surface area contributed by atoms with Gasteiger partial charge in [-0.25, -0.2) is 9.97 Å². The van der Waals surface area contributed by atoms with Crippen molar-refractivity contribution >= 4 is 80.6 Å². The summed E-state index contributed by atoms with van der Waals surface area (Å²) in [7, 11) is 2.06. The summed E-state index contributed by atoms with van der Waals surface area (Å²) >= 11 is 4.07. The van der Waals surface area contributed by atoms with Gasteiger partial charge in [-0.15, -0.1) is 0 Å². The van der Waals surface area contributed by atoms with Gasteiger partial charge < -0.3 is 24.9 Å². The van der Waals surface area contributed by atoms with Crippen LogP contribution in [0, 0.1) is 13.8 Å². The van der Waals surface area contributed by atoms with E-state index in [1.165, 1.54) is 0 Å². The van der Waals surface area contributed by atoms with Gasteiger partial charge in [0.1, 0.15) is 23.5 Å². The average molecular weight is 580 g/mol. The number of anilines is 7. The Morgan fingerprint density at radius 1 is 1.12 bits per heavy atom. The third-order valence-electron chi connectivity index (χ3n) is 5.30. The molecule has 1 aromatic carbocycles. The zero-order chi connectivity index (χ0) is 22.8. The fourth-order valence-corrected chi connectivity index (χ4v) is 6.16. The summed E-state index contributed by atoms with van der Waals surface area (Å²) in [4.78, 5) is 13.9. The number of halogens is 1. The molecule has 3 heterocycles. The van der Waals surface area contributed by atoms with Gasteiger partial charge in [0.25, 0.3) is 0 Å². The smallest absolute Gasteiger partial charge is 0.161 e. The minimum atomic E-state index is 0.161. The molecule has 2 unspecified atom stereocenters. The van der Waals surface area contributed by atoms with Crippen LogP contribution in [-0.4, -0.2) is 34.4 Å². The van der Waals surface area contributed by atoms with Crippen molar-refractivity contribution in [3.63, 3.8) is 0 Å². The van der Waals surface area contributed by atoms with Gasteiger partial charge in [-0.3, -0.25) is 4.98 Å². The predicted molar refractivity (Wildman–Crippen MR) is 149 cm³/mol. The van der Waals surface area contributed by atoms with E-state index in [1.807, 2.05) is 26.0 Å². The van der Waals surface area contributed by atoms with E-state index in [0.717, 1.165) is 45.8 Å². The van der Waals surface area contributed by atoms with Crippen molar-refractivity contribution in [3.05, 3.63) is 47.9 Å². The van der Waals surface area contributed by atoms with Crippen molar-refractivity contribution in [3.8, 4) is 0 Å². The number of fused-ring (bicyclic) bond motifs is 1. The molecule has 8 nitrogen and oxygen atoms in total. The molecule has 0 bridgehead atoms.